The molecule has 0 spiro atoms. The lowest BCUT2D eigenvalue weighted by molar-refractivity contribution is 0.112. The molecule has 0 saturated carbocycles. The third-order valence-electron chi connectivity index (χ3n) is 3.53. The summed E-state index contributed by atoms with van der Waals surface area (Å²) in [5.41, 5.74) is 0.941. The second kappa shape index (κ2) is 4.86. The molecular formula is C14H18FNO. The van der Waals surface area contributed by atoms with Crippen molar-refractivity contribution >= 4 is 12.0 Å². The van der Waals surface area contributed by atoms with Crippen molar-refractivity contribution in [3.63, 3.8) is 0 Å². The van der Waals surface area contributed by atoms with Crippen molar-refractivity contribution in [1.29, 1.82) is 0 Å². The lowest BCUT2D eigenvalue weighted by Gasteiger charge is -2.30. The molecule has 1 aliphatic rings. The Bertz CT molecular complexity index is 417. The number of rotatable bonds is 3. The highest BCUT2D eigenvalue weighted by molar-refractivity contribution is 5.85. The van der Waals surface area contributed by atoms with Crippen molar-refractivity contribution in [2.45, 2.75) is 32.7 Å². The van der Waals surface area contributed by atoms with E-state index in [1.807, 2.05) is 6.07 Å². The third kappa shape index (κ3) is 2.19. The molecule has 92 valence electrons. The summed E-state index contributed by atoms with van der Waals surface area (Å²) >= 11 is 0. The van der Waals surface area contributed by atoms with Crippen molar-refractivity contribution in [3.05, 3.63) is 29.6 Å². The van der Waals surface area contributed by atoms with Crippen molar-refractivity contribution in [2.75, 3.05) is 11.4 Å². The molecule has 1 aromatic carbocycles. The van der Waals surface area contributed by atoms with Gasteiger partial charge in [-0.15, -0.1) is 0 Å². The zero-order valence-corrected chi connectivity index (χ0v) is 10.3. The molecule has 2 nitrogen and oxygen atoms in total. The number of carbonyl (C=O) groups excluding carboxylic acids is 1. The molecule has 1 unspecified atom stereocenters. The van der Waals surface area contributed by atoms with Crippen LogP contribution in [0.15, 0.2) is 18.2 Å². The third-order valence-corrected chi connectivity index (χ3v) is 3.53. The summed E-state index contributed by atoms with van der Waals surface area (Å²) < 4.78 is 13.6. The van der Waals surface area contributed by atoms with Gasteiger partial charge in [-0.2, -0.15) is 0 Å². The number of aldehydes is 1. The van der Waals surface area contributed by atoms with E-state index < -0.39 is 5.82 Å². The van der Waals surface area contributed by atoms with Crippen molar-refractivity contribution in [2.24, 2.45) is 5.92 Å². The normalized spacial score (nSPS) is 20.0. The first-order valence-corrected chi connectivity index (χ1v) is 6.15. The van der Waals surface area contributed by atoms with Crippen LogP contribution in [0.1, 0.15) is 37.0 Å². The standard InChI is InChI=1S/C14H18FNO/c1-10(2)13-7-4-8-16(13)14-6-3-5-12(15)11(14)9-17/h3,5-6,9-10,13H,4,7-8H2,1-2H3. The fourth-order valence-corrected chi connectivity index (χ4v) is 2.68. The first-order valence-electron chi connectivity index (χ1n) is 6.15. The maximum atomic E-state index is 13.6. The molecule has 1 saturated heterocycles. The van der Waals surface area contributed by atoms with E-state index in [4.69, 9.17) is 0 Å². The van der Waals surface area contributed by atoms with Gasteiger partial charge in [-0.25, -0.2) is 4.39 Å². The molecule has 0 aliphatic carbocycles. The molecule has 0 aromatic heterocycles. The predicted molar refractivity (Wildman–Crippen MR) is 67.0 cm³/mol. The van der Waals surface area contributed by atoms with Gasteiger partial charge in [0.05, 0.1) is 11.3 Å². The fraction of sp³-hybridized carbons (Fsp3) is 0.500. The van der Waals surface area contributed by atoms with Crippen LogP contribution in [0.4, 0.5) is 10.1 Å². The Balaban J connectivity index is 2.39. The van der Waals surface area contributed by atoms with Crippen LogP contribution in [0.3, 0.4) is 0 Å². The summed E-state index contributed by atoms with van der Waals surface area (Å²) in [6.07, 6.45) is 2.85. The minimum atomic E-state index is -0.424. The highest BCUT2D eigenvalue weighted by Crippen LogP contribution is 2.32. The Morgan fingerprint density at radius 3 is 2.88 bits per heavy atom. The highest BCUT2D eigenvalue weighted by Gasteiger charge is 2.29. The average molecular weight is 235 g/mol. The van der Waals surface area contributed by atoms with E-state index in [1.54, 1.807) is 6.07 Å². The average Bonchev–Trinajstić information content (AvgIpc) is 2.77. The van der Waals surface area contributed by atoms with Gasteiger partial charge in [0.15, 0.2) is 6.29 Å². The van der Waals surface area contributed by atoms with Crippen LogP contribution >= 0.6 is 0 Å². The van der Waals surface area contributed by atoms with Crippen LogP contribution in [0.2, 0.25) is 0 Å². The first kappa shape index (κ1) is 12.1. The van der Waals surface area contributed by atoms with Gasteiger partial charge in [0.1, 0.15) is 5.82 Å². The van der Waals surface area contributed by atoms with Crippen LogP contribution in [0, 0.1) is 11.7 Å². The van der Waals surface area contributed by atoms with Gasteiger partial charge in [-0.3, -0.25) is 4.79 Å². The SMILES string of the molecule is CC(C)C1CCCN1c1cccc(F)c1C=O. The number of anilines is 1. The number of hydrogen-bond donors (Lipinski definition) is 0. The van der Waals surface area contributed by atoms with Crippen LogP contribution in [0.25, 0.3) is 0 Å². The van der Waals surface area contributed by atoms with Crippen molar-refractivity contribution < 1.29 is 9.18 Å². The van der Waals surface area contributed by atoms with Gasteiger partial charge in [-0.1, -0.05) is 19.9 Å². The maximum absolute atomic E-state index is 13.6. The maximum Gasteiger partial charge on any atom is 0.155 e. The van der Waals surface area contributed by atoms with Crippen LogP contribution in [-0.2, 0) is 0 Å². The number of benzene rings is 1. The van der Waals surface area contributed by atoms with E-state index in [0.29, 0.717) is 18.2 Å². The van der Waals surface area contributed by atoms with Gasteiger partial charge in [-0.05, 0) is 30.9 Å². The summed E-state index contributed by atoms with van der Waals surface area (Å²) in [5.74, 6) is 0.0900. The van der Waals surface area contributed by atoms with Gasteiger partial charge in [0, 0.05) is 12.6 Å². The summed E-state index contributed by atoms with van der Waals surface area (Å²) in [4.78, 5) is 13.2. The molecular weight excluding hydrogens is 217 g/mol. The summed E-state index contributed by atoms with van der Waals surface area (Å²) in [6.45, 7) is 5.25. The van der Waals surface area contributed by atoms with E-state index in [1.165, 1.54) is 6.07 Å². The molecule has 1 aromatic rings. The lowest BCUT2D eigenvalue weighted by atomic mass is 10.0. The Labute approximate surface area is 101 Å². The molecule has 1 heterocycles. The van der Waals surface area contributed by atoms with E-state index in [-0.39, 0.29) is 5.56 Å². The number of nitrogens with zero attached hydrogens (tertiary/aromatic N) is 1. The Kier molecular flexibility index (Phi) is 3.46. The second-order valence-corrected chi connectivity index (χ2v) is 4.94. The van der Waals surface area contributed by atoms with Crippen LogP contribution in [0.5, 0.6) is 0 Å². The molecule has 17 heavy (non-hydrogen) atoms. The lowest BCUT2D eigenvalue weighted by Crippen LogP contribution is -2.34. The quantitative estimate of drug-likeness (QED) is 0.749. The Morgan fingerprint density at radius 1 is 1.47 bits per heavy atom. The van der Waals surface area contributed by atoms with Gasteiger partial charge < -0.3 is 4.90 Å². The summed E-state index contributed by atoms with van der Waals surface area (Å²) in [5, 5.41) is 0. The molecule has 0 radical (unpaired) electrons. The van der Waals surface area contributed by atoms with Gasteiger partial charge >= 0.3 is 0 Å². The van der Waals surface area contributed by atoms with Gasteiger partial charge in [0.25, 0.3) is 0 Å². The molecule has 2 rings (SSSR count). The largest absolute Gasteiger partial charge is 0.368 e. The van der Waals surface area contributed by atoms with E-state index >= 15 is 0 Å². The monoisotopic (exact) mass is 235 g/mol. The van der Waals surface area contributed by atoms with E-state index in [9.17, 15) is 9.18 Å². The predicted octanol–water partition coefficient (Wildman–Crippen LogP) is 3.26. The minimum Gasteiger partial charge on any atom is -0.368 e. The smallest absolute Gasteiger partial charge is 0.155 e. The molecule has 1 atom stereocenters. The van der Waals surface area contributed by atoms with Crippen LogP contribution in [-0.4, -0.2) is 18.9 Å². The molecule has 0 N–H and O–H groups in total. The zero-order valence-electron chi connectivity index (χ0n) is 10.3. The summed E-state index contributed by atoms with van der Waals surface area (Å²) in [6, 6.07) is 5.27. The molecule has 3 heteroatoms. The Morgan fingerprint density at radius 2 is 2.24 bits per heavy atom. The molecule has 1 fully saturated rings. The number of carbonyl (C=O) groups is 1. The first-order chi connectivity index (χ1) is 8.15. The highest BCUT2D eigenvalue weighted by atomic mass is 19.1. The van der Waals surface area contributed by atoms with Gasteiger partial charge in [0.2, 0.25) is 0 Å². The van der Waals surface area contributed by atoms with E-state index in [0.717, 1.165) is 25.1 Å². The Hall–Kier alpha value is -1.38. The summed E-state index contributed by atoms with van der Waals surface area (Å²) in [7, 11) is 0. The van der Waals surface area contributed by atoms with Crippen molar-refractivity contribution in [1.82, 2.24) is 0 Å². The topological polar surface area (TPSA) is 20.3 Å². The number of hydrogen-bond acceptors (Lipinski definition) is 2. The fourth-order valence-electron chi connectivity index (χ4n) is 2.68. The molecule has 0 bridgehead atoms. The van der Waals surface area contributed by atoms with Crippen molar-refractivity contribution in [3.8, 4) is 0 Å². The van der Waals surface area contributed by atoms with E-state index in [2.05, 4.69) is 18.7 Å². The minimum absolute atomic E-state index is 0.194. The second-order valence-electron chi connectivity index (χ2n) is 4.94. The molecule has 1 aliphatic heterocycles. The molecule has 0 amide bonds. The van der Waals surface area contributed by atoms with Crippen LogP contribution < -0.4 is 4.90 Å². The zero-order chi connectivity index (χ0) is 12.4. The number of halogens is 1.